The quantitative estimate of drug-likeness (QED) is 0.606. The van der Waals surface area contributed by atoms with Crippen LogP contribution in [0.15, 0.2) is 41.3 Å². The Kier molecular flexibility index (Phi) is 5.95. The van der Waals surface area contributed by atoms with Gasteiger partial charge in [-0.15, -0.1) is 0 Å². The summed E-state index contributed by atoms with van der Waals surface area (Å²) < 4.78 is 27.5. The summed E-state index contributed by atoms with van der Waals surface area (Å²) in [4.78, 5) is 21.6. The van der Waals surface area contributed by atoms with Crippen LogP contribution in [0.3, 0.4) is 0 Å². The van der Waals surface area contributed by atoms with E-state index in [-0.39, 0.29) is 23.9 Å². The molecule has 152 valence electrons. The summed E-state index contributed by atoms with van der Waals surface area (Å²) >= 11 is 0. The monoisotopic (exact) mass is 412 g/mol. The molecule has 2 aromatic carbocycles. The number of amides is 1. The molecule has 7 nitrogen and oxygen atoms in total. The Bertz CT molecular complexity index is 1190. The minimum atomic E-state index is -3.63. The number of fused-ring (bicyclic) bond motifs is 1. The van der Waals surface area contributed by atoms with Gasteiger partial charge in [0.05, 0.1) is 27.3 Å². The highest BCUT2D eigenvalue weighted by atomic mass is 32.2. The third kappa shape index (κ3) is 4.78. The predicted molar refractivity (Wildman–Crippen MR) is 112 cm³/mol. The molecular formula is C21H24N4O3S. The van der Waals surface area contributed by atoms with Gasteiger partial charge < -0.3 is 5.32 Å². The van der Waals surface area contributed by atoms with Crippen molar-refractivity contribution in [2.75, 3.05) is 13.1 Å². The zero-order valence-electron chi connectivity index (χ0n) is 16.9. The van der Waals surface area contributed by atoms with Crippen molar-refractivity contribution in [3.63, 3.8) is 0 Å². The highest BCUT2D eigenvalue weighted by Gasteiger charge is 2.16. The SMILES string of the molecule is Cc1ccc(C)c(S(=O)(=O)NCCNC(=O)c2ccc3nc(C)c(C)nc3c2)c1. The van der Waals surface area contributed by atoms with E-state index >= 15 is 0 Å². The number of aryl methyl sites for hydroxylation is 4. The number of nitrogens with zero attached hydrogens (tertiary/aromatic N) is 2. The normalized spacial score (nSPS) is 11.6. The number of hydrogen-bond acceptors (Lipinski definition) is 5. The van der Waals surface area contributed by atoms with Crippen molar-refractivity contribution in [1.29, 1.82) is 0 Å². The van der Waals surface area contributed by atoms with Gasteiger partial charge in [0, 0.05) is 18.7 Å². The maximum atomic E-state index is 12.5. The fraction of sp³-hybridized carbons (Fsp3) is 0.286. The van der Waals surface area contributed by atoms with Crippen molar-refractivity contribution in [2.45, 2.75) is 32.6 Å². The first-order valence-corrected chi connectivity index (χ1v) is 10.8. The Balaban J connectivity index is 1.62. The summed E-state index contributed by atoms with van der Waals surface area (Å²) in [5, 5.41) is 2.73. The van der Waals surface area contributed by atoms with E-state index in [1.165, 1.54) is 0 Å². The van der Waals surface area contributed by atoms with Gasteiger partial charge >= 0.3 is 0 Å². The topological polar surface area (TPSA) is 101 Å². The van der Waals surface area contributed by atoms with Crippen LogP contribution in [0.4, 0.5) is 0 Å². The van der Waals surface area contributed by atoms with Crippen molar-refractivity contribution in [1.82, 2.24) is 20.0 Å². The molecule has 1 aromatic heterocycles. The van der Waals surface area contributed by atoms with Crippen LogP contribution >= 0.6 is 0 Å². The summed E-state index contributed by atoms with van der Waals surface area (Å²) in [6.45, 7) is 7.61. The van der Waals surface area contributed by atoms with Gasteiger partial charge in [0.1, 0.15) is 0 Å². The number of nitrogens with one attached hydrogen (secondary N) is 2. The molecule has 0 unspecified atom stereocenters. The molecule has 0 aliphatic heterocycles. The van der Waals surface area contributed by atoms with Gasteiger partial charge in [0.25, 0.3) is 5.91 Å². The van der Waals surface area contributed by atoms with E-state index in [0.29, 0.717) is 16.6 Å². The molecule has 1 amide bonds. The molecule has 0 aliphatic rings. The molecule has 0 atom stereocenters. The van der Waals surface area contributed by atoms with Crippen molar-refractivity contribution in [3.05, 3.63) is 64.5 Å². The van der Waals surface area contributed by atoms with Gasteiger partial charge in [0.2, 0.25) is 10.0 Å². The fourth-order valence-electron chi connectivity index (χ4n) is 2.91. The zero-order chi connectivity index (χ0) is 21.2. The number of hydrogen-bond donors (Lipinski definition) is 2. The largest absolute Gasteiger partial charge is 0.351 e. The lowest BCUT2D eigenvalue weighted by Gasteiger charge is -2.11. The lowest BCUT2D eigenvalue weighted by molar-refractivity contribution is 0.0954. The molecule has 3 aromatic rings. The van der Waals surface area contributed by atoms with Crippen molar-refractivity contribution >= 4 is 27.0 Å². The summed E-state index contributed by atoms with van der Waals surface area (Å²) in [5.41, 5.74) is 5.04. The van der Waals surface area contributed by atoms with Crippen LogP contribution in [-0.4, -0.2) is 37.4 Å². The van der Waals surface area contributed by atoms with Gasteiger partial charge in [0.15, 0.2) is 0 Å². The number of sulfonamides is 1. The van der Waals surface area contributed by atoms with Gasteiger partial charge in [-0.1, -0.05) is 12.1 Å². The second kappa shape index (κ2) is 8.26. The molecule has 0 saturated heterocycles. The zero-order valence-corrected chi connectivity index (χ0v) is 17.7. The average molecular weight is 413 g/mol. The smallest absolute Gasteiger partial charge is 0.251 e. The molecule has 0 saturated carbocycles. The molecule has 2 N–H and O–H groups in total. The summed E-state index contributed by atoms with van der Waals surface area (Å²) in [6, 6.07) is 10.4. The standard InChI is InChI=1S/C21H24N4O3S/c1-13-5-6-14(2)20(11-13)29(27,28)23-10-9-22-21(26)17-7-8-18-19(12-17)25-16(4)15(3)24-18/h5-8,11-12,23H,9-10H2,1-4H3,(H,22,26). The van der Waals surface area contributed by atoms with Crippen molar-refractivity contribution in [3.8, 4) is 0 Å². The molecule has 29 heavy (non-hydrogen) atoms. The van der Waals surface area contributed by atoms with Crippen LogP contribution < -0.4 is 10.0 Å². The Morgan fingerprint density at radius 1 is 0.897 bits per heavy atom. The summed E-state index contributed by atoms with van der Waals surface area (Å²) in [5.74, 6) is -0.294. The lowest BCUT2D eigenvalue weighted by atomic mass is 10.1. The minimum absolute atomic E-state index is 0.0904. The first kappa shape index (κ1) is 20.9. The van der Waals surface area contributed by atoms with Crippen LogP contribution in [-0.2, 0) is 10.0 Å². The van der Waals surface area contributed by atoms with Crippen molar-refractivity contribution in [2.24, 2.45) is 0 Å². The molecule has 0 aliphatic carbocycles. The molecule has 1 heterocycles. The van der Waals surface area contributed by atoms with Gasteiger partial charge in [-0.05, 0) is 63.1 Å². The summed E-state index contributed by atoms with van der Waals surface area (Å²) in [6.07, 6.45) is 0. The van der Waals surface area contributed by atoms with Crippen LogP contribution in [0, 0.1) is 27.7 Å². The van der Waals surface area contributed by atoms with Gasteiger partial charge in [-0.25, -0.2) is 23.1 Å². The van der Waals surface area contributed by atoms with E-state index in [4.69, 9.17) is 0 Å². The van der Waals surface area contributed by atoms with Crippen LogP contribution in [0.25, 0.3) is 11.0 Å². The summed E-state index contributed by atoms with van der Waals surface area (Å²) in [7, 11) is -3.63. The average Bonchev–Trinajstić information content (AvgIpc) is 2.67. The first-order valence-electron chi connectivity index (χ1n) is 9.27. The number of benzene rings is 2. The molecule has 0 bridgehead atoms. The molecule has 8 heteroatoms. The second-order valence-electron chi connectivity index (χ2n) is 7.02. The third-order valence-electron chi connectivity index (χ3n) is 4.67. The number of carbonyl (C=O) groups excluding carboxylic acids is 1. The molecule has 0 radical (unpaired) electrons. The highest BCUT2D eigenvalue weighted by molar-refractivity contribution is 7.89. The predicted octanol–water partition coefficient (Wildman–Crippen LogP) is 2.57. The molecule has 0 fully saturated rings. The van der Waals surface area contributed by atoms with E-state index in [9.17, 15) is 13.2 Å². The maximum absolute atomic E-state index is 12.5. The Morgan fingerprint density at radius 2 is 1.59 bits per heavy atom. The van der Waals surface area contributed by atoms with E-state index in [2.05, 4.69) is 20.0 Å². The molecular weight excluding hydrogens is 388 g/mol. The Labute approximate surface area is 170 Å². The van der Waals surface area contributed by atoms with Gasteiger partial charge in [-0.3, -0.25) is 4.79 Å². The second-order valence-corrected chi connectivity index (χ2v) is 8.76. The fourth-order valence-corrected chi connectivity index (χ4v) is 4.27. The van der Waals surface area contributed by atoms with E-state index in [1.807, 2.05) is 26.8 Å². The Hall–Kier alpha value is -2.84. The third-order valence-corrected chi connectivity index (χ3v) is 6.28. The van der Waals surface area contributed by atoms with E-state index < -0.39 is 10.0 Å². The number of carbonyl (C=O) groups is 1. The van der Waals surface area contributed by atoms with Gasteiger partial charge in [-0.2, -0.15) is 0 Å². The van der Waals surface area contributed by atoms with Crippen LogP contribution in [0.1, 0.15) is 32.9 Å². The molecule has 0 spiro atoms. The minimum Gasteiger partial charge on any atom is -0.351 e. The number of aromatic nitrogens is 2. The van der Waals surface area contributed by atoms with Crippen LogP contribution in [0.2, 0.25) is 0 Å². The maximum Gasteiger partial charge on any atom is 0.251 e. The lowest BCUT2D eigenvalue weighted by Crippen LogP contribution is -2.35. The molecule has 3 rings (SSSR count). The Morgan fingerprint density at radius 3 is 2.31 bits per heavy atom. The first-order chi connectivity index (χ1) is 13.7. The highest BCUT2D eigenvalue weighted by Crippen LogP contribution is 2.16. The van der Waals surface area contributed by atoms with E-state index in [1.54, 1.807) is 37.3 Å². The van der Waals surface area contributed by atoms with E-state index in [0.717, 1.165) is 22.5 Å². The van der Waals surface area contributed by atoms with Crippen LogP contribution in [0.5, 0.6) is 0 Å². The van der Waals surface area contributed by atoms with Crippen molar-refractivity contribution < 1.29 is 13.2 Å². The number of rotatable bonds is 6.